The monoisotopic (exact) mass is 234 g/mol. The van der Waals surface area contributed by atoms with Gasteiger partial charge in [-0.25, -0.2) is 0 Å². The van der Waals surface area contributed by atoms with Gasteiger partial charge < -0.3 is 9.47 Å². The van der Waals surface area contributed by atoms with E-state index in [1.54, 1.807) is 13.2 Å². The van der Waals surface area contributed by atoms with E-state index in [2.05, 4.69) is 0 Å². The van der Waals surface area contributed by atoms with Gasteiger partial charge in [0.2, 0.25) is 0 Å². The van der Waals surface area contributed by atoms with E-state index in [9.17, 15) is 4.79 Å². The summed E-state index contributed by atoms with van der Waals surface area (Å²) in [6.45, 7) is 5.42. The lowest BCUT2D eigenvalue weighted by Crippen LogP contribution is -2.07. The van der Waals surface area contributed by atoms with Crippen molar-refractivity contribution in [1.29, 1.82) is 0 Å². The number of benzene rings is 1. The van der Waals surface area contributed by atoms with Gasteiger partial charge in [0.1, 0.15) is 0 Å². The number of methoxy groups -OCH3 is 1. The molecule has 0 aromatic heterocycles. The minimum absolute atomic E-state index is 0.00207. The molecule has 1 aromatic rings. The number of hydrogen-bond donors (Lipinski definition) is 0. The summed E-state index contributed by atoms with van der Waals surface area (Å²) in [5, 5.41) is 0. The maximum Gasteiger partial charge on any atom is 0.167 e. The molecular formula is C14H18O3. The Bertz CT molecular complexity index is 419. The van der Waals surface area contributed by atoms with Gasteiger partial charge >= 0.3 is 0 Å². The Hall–Kier alpha value is -1.77. The van der Waals surface area contributed by atoms with Crippen LogP contribution in [-0.2, 0) is 4.79 Å². The molecule has 0 unspecified atom stereocenters. The molecule has 17 heavy (non-hydrogen) atoms. The highest BCUT2D eigenvalue weighted by atomic mass is 16.5. The molecule has 0 heterocycles. The highest BCUT2D eigenvalue weighted by molar-refractivity contribution is 5.92. The first-order valence-electron chi connectivity index (χ1n) is 5.57. The van der Waals surface area contributed by atoms with Gasteiger partial charge in [0.15, 0.2) is 17.3 Å². The topological polar surface area (TPSA) is 35.5 Å². The molecule has 0 aliphatic heterocycles. The molecule has 3 heteroatoms. The molecule has 0 spiro atoms. The molecule has 0 bridgehead atoms. The minimum Gasteiger partial charge on any atom is -0.492 e. The van der Waals surface area contributed by atoms with Crippen LogP contribution in [0.25, 0.3) is 6.08 Å². The SMILES string of the molecule is COc1c(/C=C/C(C)=O)cccc1OC(C)C. The first kappa shape index (κ1) is 13.3. The van der Waals surface area contributed by atoms with Crippen molar-refractivity contribution in [3.63, 3.8) is 0 Å². The zero-order valence-corrected chi connectivity index (χ0v) is 10.7. The lowest BCUT2D eigenvalue weighted by Gasteiger charge is -2.15. The van der Waals surface area contributed by atoms with Gasteiger partial charge in [0, 0.05) is 5.56 Å². The van der Waals surface area contributed by atoms with E-state index < -0.39 is 0 Å². The molecule has 0 aliphatic carbocycles. The predicted octanol–water partition coefficient (Wildman–Crippen LogP) is 3.08. The van der Waals surface area contributed by atoms with E-state index in [4.69, 9.17) is 9.47 Å². The molecule has 0 fully saturated rings. The van der Waals surface area contributed by atoms with Crippen molar-refractivity contribution in [2.75, 3.05) is 7.11 Å². The fraction of sp³-hybridized carbons (Fsp3) is 0.357. The first-order chi connectivity index (χ1) is 8.04. The number of carbonyl (C=O) groups excluding carboxylic acids is 1. The molecule has 3 nitrogen and oxygen atoms in total. The normalized spacial score (nSPS) is 10.9. The van der Waals surface area contributed by atoms with Crippen LogP contribution in [-0.4, -0.2) is 19.0 Å². The van der Waals surface area contributed by atoms with Gasteiger partial charge in [-0.1, -0.05) is 12.1 Å². The van der Waals surface area contributed by atoms with Crippen molar-refractivity contribution in [3.05, 3.63) is 29.8 Å². The second kappa shape index (κ2) is 6.09. The number of allylic oxidation sites excluding steroid dienone is 1. The summed E-state index contributed by atoms with van der Waals surface area (Å²) in [7, 11) is 1.59. The van der Waals surface area contributed by atoms with E-state index in [-0.39, 0.29) is 11.9 Å². The van der Waals surface area contributed by atoms with Crippen LogP contribution in [0.4, 0.5) is 0 Å². The van der Waals surface area contributed by atoms with Gasteiger partial charge in [-0.3, -0.25) is 4.79 Å². The highest BCUT2D eigenvalue weighted by Crippen LogP contribution is 2.32. The number of rotatable bonds is 5. The average molecular weight is 234 g/mol. The summed E-state index contributed by atoms with van der Waals surface area (Å²) < 4.78 is 11.0. The van der Waals surface area contributed by atoms with E-state index in [1.807, 2.05) is 32.0 Å². The number of ether oxygens (including phenoxy) is 2. The second-order valence-corrected chi connectivity index (χ2v) is 3.99. The molecule has 0 saturated heterocycles. The van der Waals surface area contributed by atoms with Gasteiger partial charge in [-0.05, 0) is 39.0 Å². The zero-order chi connectivity index (χ0) is 12.8. The molecule has 1 aromatic carbocycles. The van der Waals surface area contributed by atoms with Crippen molar-refractivity contribution in [3.8, 4) is 11.5 Å². The third kappa shape index (κ3) is 3.94. The summed E-state index contributed by atoms with van der Waals surface area (Å²) in [5.41, 5.74) is 0.834. The zero-order valence-electron chi connectivity index (χ0n) is 10.7. The number of para-hydroxylation sites is 1. The molecule has 0 aliphatic rings. The Kier molecular flexibility index (Phi) is 4.76. The second-order valence-electron chi connectivity index (χ2n) is 3.99. The fourth-order valence-corrected chi connectivity index (χ4v) is 1.44. The third-order valence-corrected chi connectivity index (χ3v) is 2.07. The predicted molar refractivity (Wildman–Crippen MR) is 68.5 cm³/mol. The number of hydrogen-bond acceptors (Lipinski definition) is 3. The lowest BCUT2D eigenvalue weighted by atomic mass is 10.1. The molecule has 0 radical (unpaired) electrons. The molecule has 0 N–H and O–H groups in total. The smallest absolute Gasteiger partial charge is 0.167 e. The van der Waals surface area contributed by atoms with Gasteiger partial charge in [0.25, 0.3) is 0 Å². The Morgan fingerprint density at radius 2 is 2.06 bits per heavy atom. The number of ketones is 1. The fourth-order valence-electron chi connectivity index (χ4n) is 1.44. The van der Waals surface area contributed by atoms with Crippen LogP contribution in [0.1, 0.15) is 26.3 Å². The molecule has 0 atom stereocenters. The summed E-state index contributed by atoms with van der Waals surface area (Å²) in [6.07, 6.45) is 3.32. The molecule has 0 saturated carbocycles. The Labute approximate surface area is 102 Å². The molecule has 1 rings (SSSR count). The van der Waals surface area contributed by atoms with E-state index in [0.29, 0.717) is 11.5 Å². The summed E-state index contributed by atoms with van der Waals surface area (Å²) in [6, 6.07) is 5.61. The van der Waals surface area contributed by atoms with Crippen LogP contribution < -0.4 is 9.47 Å². The third-order valence-electron chi connectivity index (χ3n) is 2.07. The van der Waals surface area contributed by atoms with Crippen LogP contribution in [0.15, 0.2) is 24.3 Å². The van der Waals surface area contributed by atoms with Crippen molar-refractivity contribution in [2.24, 2.45) is 0 Å². The maximum atomic E-state index is 10.9. The van der Waals surface area contributed by atoms with Crippen molar-refractivity contribution in [1.82, 2.24) is 0 Å². The molecule has 0 amide bonds. The molecular weight excluding hydrogens is 216 g/mol. The minimum atomic E-state index is 0.00207. The van der Waals surface area contributed by atoms with Gasteiger partial charge in [-0.15, -0.1) is 0 Å². The van der Waals surface area contributed by atoms with E-state index in [0.717, 1.165) is 5.56 Å². The molecule has 92 valence electrons. The maximum absolute atomic E-state index is 10.9. The van der Waals surface area contributed by atoms with Crippen molar-refractivity contribution in [2.45, 2.75) is 26.9 Å². The number of carbonyl (C=O) groups is 1. The average Bonchev–Trinajstić information content (AvgIpc) is 2.25. The van der Waals surface area contributed by atoms with Crippen LogP contribution in [0.2, 0.25) is 0 Å². The van der Waals surface area contributed by atoms with Gasteiger partial charge in [-0.2, -0.15) is 0 Å². The Morgan fingerprint density at radius 3 is 2.59 bits per heavy atom. The summed E-state index contributed by atoms with van der Waals surface area (Å²) in [5.74, 6) is 1.34. The van der Waals surface area contributed by atoms with Gasteiger partial charge in [0.05, 0.1) is 13.2 Å². The van der Waals surface area contributed by atoms with E-state index in [1.165, 1.54) is 13.0 Å². The summed E-state index contributed by atoms with van der Waals surface area (Å²) in [4.78, 5) is 10.9. The highest BCUT2D eigenvalue weighted by Gasteiger charge is 2.09. The quantitative estimate of drug-likeness (QED) is 0.734. The van der Waals surface area contributed by atoms with E-state index >= 15 is 0 Å². The van der Waals surface area contributed by atoms with Crippen LogP contribution >= 0.6 is 0 Å². The van der Waals surface area contributed by atoms with Crippen molar-refractivity contribution < 1.29 is 14.3 Å². The lowest BCUT2D eigenvalue weighted by molar-refractivity contribution is -0.112. The Morgan fingerprint density at radius 1 is 1.35 bits per heavy atom. The van der Waals surface area contributed by atoms with Crippen LogP contribution in [0.3, 0.4) is 0 Å². The van der Waals surface area contributed by atoms with Crippen molar-refractivity contribution >= 4 is 11.9 Å². The summed E-state index contributed by atoms with van der Waals surface area (Å²) >= 11 is 0. The largest absolute Gasteiger partial charge is 0.492 e. The Balaban J connectivity index is 3.09. The van der Waals surface area contributed by atoms with Crippen LogP contribution in [0, 0.1) is 0 Å². The first-order valence-corrected chi connectivity index (χ1v) is 5.57. The standard InChI is InChI=1S/C14H18O3/c1-10(2)17-13-7-5-6-12(14(13)16-4)9-8-11(3)15/h5-10H,1-4H3/b9-8+. The van der Waals surface area contributed by atoms with Crippen LogP contribution in [0.5, 0.6) is 11.5 Å².